The molecule has 0 radical (unpaired) electrons. The van der Waals surface area contributed by atoms with E-state index in [0.29, 0.717) is 30.9 Å². The van der Waals surface area contributed by atoms with Gasteiger partial charge in [0.25, 0.3) is 5.91 Å². The van der Waals surface area contributed by atoms with Gasteiger partial charge in [-0.15, -0.1) is 0 Å². The third kappa shape index (κ3) is 3.86. The molecular weight excluding hydrogens is 372 g/mol. The second-order valence-electron chi connectivity index (χ2n) is 8.23. The SMILES string of the molecule is Cc1ccn(C)c1C(=O)N[C@@H]1CCCC[C@H]1NC(=O)C1CCc2n[nH]c(=O)n2C1. The summed E-state index contributed by atoms with van der Waals surface area (Å²) in [6, 6.07) is 1.73. The smallest absolute Gasteiger partial charge is 0.343 e. The maximum atomic E-state index is 12.9. The van der Waals surface area contributed by atoms with Crippen LogP contribution < -0.4 is 16.3 Å². The summed E-state index contributed by atoms with van der Waals surface area (Å²) >= 11 is 0. The van der Waals surface area contributed by atoms with Gasteiger partial charge in [-0.25, -0.2) is 9.89 Å². The van der Waals surface area contributed by atoms with Gasteiger partial charge >= 0.3 is 5.69 Å². The van der Waals surface area contributed by atoms with Crippen LogP contribution in [0.3, 0.4) is 0 Å². The second kappa shape index (κ2) is 7.88. The Kier molecular flexibility index (Phi) is 5.29. The molecule has 2 aromatic rings. The molecule has 0 bridgehead atoms. The highest BCUT2D eigenvalue weighted by atomic mass is 16.2. The van der Waals surface area contributed by atoms with Gasteiger partial charge in [0.05, 0.1) is 5.92 Å². The van der Waals surface area contributed by atoms with Crippen molar-refractivity contribution in [3.05, 3.63) is 39.8 Å². The van der Waals surface area contributed by atoms with Gasteiger partial charge in [-0.2, -0.15) is 5.10 Å². The van der Waals surface area contributed by atoms with Crippen LogP contribution in [0.2, 0.25) is 0 Å². The van der Waals surface area contributed by atoms with Crippen LogP contribution in [0.5, 0.6) is 0 Å². The summed E-state index contributed by atoms with van der Waals surface area (Å²) in [4.78, 5) is 37.5. The lowest BCUT2D eigenvalue weighted by molar-refractivity contribution is -0.127. The zero-order valence-corrected chi connectivity index (χ0v) is 16.9. The summed E-state index contributed by atoms with van der Waals surface area (Å²) in [5, 5.41) is 12.7. The summed E-state index contributed by atoms with van der Waals surface area (Å²) < 4.78 is 3.37. The van der Waals surface area contributed by atoms with Crippen molar-refractivity contribution in [2.45, 2.75) is 64.1 Å². The quantitative estimate of drug-likeness (QED) is 0.699. The van der Waals surface area contributed by atoms with Crippen LogP contribution in [0.25, 0.3) is 0 Å². The van der Waals surface area contributed by atoms with E-state index >= 15 is 0 Å². The van der Waals surface area contributed by atoms with Crippen molar-refractivity contribution in [2.75, 3.05) is 0 Å². The van der Waals surface area contributed by atoms with Gasteiger partial charge < -0.3 is 15.2 Å². The molecule has 1 saturated carbocycles. The van der Waals surface area contributed by atoms with Gasteiger partial charge in [0.15, 0.2) is 0 Å². The van der Waals surface area contributed by atoms with Crippen LogP contribution in [0, 0.1) is 12.8 Å². The number of aromatic nitrogens is 4. The predicted octanol–water partition coefficient (Wildman–Crippen LogP) is 0.638. The van der Waals surface area contributed by atoms with Crippen LogP contribution in [0.1, 0.15) is 54.0 Å². The maximum absolute atomic E-state index is 12.9. The number of nitrogens with one attached hydrogen (secondary N) is 3. The Labute approximate surface area is 168 Å². The number of carbonyl (C=O) groups excluding carboxylic acids is 2. The molecule has 2 aromatic heterocycles. The van der Waals surface area contributed by atoms with Crippen LogP contribution in [-0.2, 0) is 24.8 Å². The van der Waals surface area contributed by atoms with E-state index in [1.165, 1.54) is 0 Å². The van der Waals surface area contributed by atoms with Crippen molar-refractivity contribution in [1.82, 2.24) is 30.0 Å². The number of fused-ring (bicyclic) bond motifs is 1. The summed E-state index contributed by atoms with van der Waals surface area (Å²) in [5.74, 6) is 0.296. The maximum Gasteiger partial charge on any atom is 0.343 e. The first kappa shape index (κ1) is 19.5. The molecule has 1 aliphatic heterocycles. The summed E-state index contributed by atoms with van der Waals surface area (Å²) in [7, 11) is 1.86. The first-order chi connectivity index (χ1) is 13.9. The van der Waals surface area contributed by atoms with Crippen molar-refractivity contribution in [2.24, 2.45) is 13.0 Å². The highest BCUT2D eigenvalue weighted by Gasteiger charge is 2.32. The van der Waals surface area contributed by atoms with Gasteiger partial charge in [0, 0.05) is 38.3 Å². The van der Waals surface area contributed by atoms with E-state index < -0.39 is 0 Å². The number of carbonyl (C=O) groups is 2. The molecule has 2 aliphatic rings. The number of aryl methyl sites for hydroxylation is 3. The molecule has 3 N–H and O–H groups in total. The fourth-order valence-corrected chi connectivity index (χ4v) is 4.57. The Morgan fingerprint density at radius 1 is 1.17 bits per heavy atom. The average Bonchev–Trinajstić information content (AvgIpc) is 3.24. The molecule has 0 spiro atoms. The summed E-state index contributed by atoms with van der Waals surface area (Å²) in [6.45, 7) is 2.27. The predicted molar refractivity (Wildman–Crippen MR) is 106 cm³/mol. The highest BCUT2D eigenvalue weighted by molar-refractivity contribution is 5.94. The van der Waals surface area contributed by atoms with Crippen molar-refractivity contribution < 1.29 is 9.59 Å². The third-order valence-corrected chi connectivity index (χ3v) is 6.23. The first-order valence-corrected chi connectivity index (χ1v) is 10.3. The number of aromatic amines is 1. The van der Waals surface area contributed by atoms with Gasteiger partial charge in [-0.3, -0.25) is 14.2 Å². The summed E-state index contributed by atoms with van der Waals surface area (Å²) in [6.07, 6.45) is 6.89. The number of amides is 2. The molecule has 0 saturated heterocycles. The molecule has 4 rings (SSSR count). The lowest BCUT2D eigenvalue weighted by Gasteiger charge is -2.34. The minimum absolute atomic E-state index is 0.0510. The highest BCUT2D eigenvalue weighted by Crippen LogP contribution is 2.22. The van der Waals surface area contributed by atoms with Crippen LogP contribution in [0.15, 0.2) is 17.1 Å². The normalized spacial score (nSPS) is 24.0. The molecule has 9 nitrogen and oxygen atoms in total. The Morgan fingerprint density at radius 3 is 2.59 bits per heavy atom. The molecule has 0 aromatic carbocycles. The Hall–Kier alpha value is -2.84. The van der Waals surface area contributed by atoms with Gasteiger partial charge in [-0.1, -0.05) is 12.8 Å². The van der Waals surface area contributed by atoms with E-state index in [-0.39, 0.29) is 35.5 Å². The Bertz CT molecular complexity index is 952. The number of rotatable bonds is 4. The minimum atomic E-state index is -0.266. The van der Waals surface area contributed by atoms with E-state index in [0.717, 1.165) is 31.2 Å². The molecular formula is C20H28N6O3. The molecule has 1 fully saturated rings. The van der Waals surface area contributed by atoms with E-state index in [1.54, 1.807) is 4.57 Å². The minimum Gasteiger partial charge on any atom is -0.351 e. The summed E-state index contributed by atoms with van der Waals surface area (Å²) in [5.41, 5.74) is 1.32. The molecule has 29 heavy (non-hydrogen) atoms. The van der Waals surface area contributed by atoms with Gasteiger partial charge in [-0.05, 0) is 37.8 Å². The van der Waals surface area contributed by atoms with Crippen LogP contribution >= 0.6 is 0 Å². The monoisotopic (exact) mass is 400 g/mol. The number of nitrogens with zero attached hydrogens (tertiary/aromatic N) is 3. The van der Waals surface area contributed by atoms with Crippen LogP contribution in [0.4, 0.5) is 0 Å². The van der Waals surface area contributed by atoms with Crippen LogP contribution in [-0.4, -0.2) is 43.2 Å². The second-order valence-corrected chi connectivity index (χ2v) is 8.23. The Morgan fingerprint density at radius 2 is 1.90 bits per heavy atom. The zero-order chi connectivity index (χ0) is 20.5. The van der Waals surface area contributed by atoms with E-state index in [2.05, 4.69) is 20.8 Å². The van der Waals surface area contributed by atoms with E-state index in [1.807, 2.05) is 30.8 Å². The Balaban J connectivity index is 1.41. The molecule has 3 heterocycles. The number of hydrogen-bond acceptors (Lipinski definition) is 4. The molecule has 9 heteroatoms. The average molecular weight is 400 g/mol. The zero-order valence-electron chi connectivity index (χ0n) is 16.9. The van der Waals surface area contributed by atoms with E-state index in [4.69, 9.17) is 0 Å². The third-order valence-electron chi connectivity index (χ3n) is 6.23. The van der Waals surface area contributed by atoms with Gasteiger partial charge in [0.1, 0.15) is 11.5 Å². The lowest BCUT2D eigenvalue weighted by atomic mass is 9.89. The largest absolute Gasteiger partial charge is 0.351 e. The fraction of sp³-hybridized carbons (Fsp3) is 0.600. The van der Waals surface area contributed by atoms with Crippen molar-refractivity contribution in [3.63, 3.8) is 0 Å². The lowest BCUT2D eigenvalue weighted by Crippen LogP contribution is -2.55. The molecule has 3 atom stereocenters. The van der Waals surface area contributed by atoms with Crippen molar-refractivity contribution >= 4 is 11.8 Å². The topological polar surface area (TPSA) is 114 Å². The standard InChI is InChI=1S/C20H28N6O3/c1-12-9-10-25(2)17(12)19(28)22-15-6-4-3-5-14(15)21-18(27)13-7-8-16-23-24-20(29)26(16)11-13/h9-10,13-15H,3-8,11H2,1-2H3,(H,21,27)(H,22,28)(H,24,29)/t13?,14-,15-/m1/s1. The number of H-pyrrole nitrogens is 1. The van der Waals surface area contributed by atoms with Crippen molar-refractivity contribution in [1.29, 1.82) is 0 Å². The molecule has 156 valence electrons. The van der Waals surface area contributed by atoms with Gasteiger partial charge in [0.2, 0.25) is 5.91 Å². The molecule has 1 aliphatic carbocycles. The fourth-order valence-electron chi connectivity index (χ4n) is 4.57. The first-order valence-electron chi connectivity index (χ1n) is 10.3. The molecule has 2 amide bonds. The van der Waals surface area contributed by atoms with Crippen molar-refractivity contribution in [3.8, 4) is 0 Å². The molecule has 1 unspecified atom stereocenters. The van der Waals surface area contributed by atoms with E-state index in [9.17, 15) is 14.4 Å². The number of hydrogen-bond donors (Lipinski definition) is 3.